The molecule has 0 aliphatic carbocycles. The maximum atomic E-state index is 12.0. The molecule has 0 spiro atoms. The molecule has 0 aliphatic rings. The molecule has 1 aromatic heterocycles. The van der Waals surface area contributed by atoms with Gasteiger partial charge in [-0.05, 0) is 19.8 Å². The van der Waals surface area contributed by atoms with Crippen molar-refractivity contribution < 1.29 is 4.79 Å². The number of carbonyl (C=O) groups excluding carboxylic acids is 1. The first-order valence-electron chi connectivity index (χ1n) is 5.65. The fourth-order valence-corrected chi connectivity index (χ4v) is 1.63. The standard InChI is InChI=1S/C11H20N4O/c1-5-15(6-2)11(16)10-8(12)9(7(3)4)13-14-10/h7H,5-6,12H2,1-4H3,(H,13,14). The molecule has 0 radical (unpaired) electrons. The summed E-state index contributed by atoms with van der Waals surface area (Å²) < 4.78 is 0. The number of H-pyrrole nitrogens is 1. The number of nitrogens with zero attached hydrogens (tertiary/aromatic N) is 2. The van der Waals surface area contributed by atoms with E-state index in [-0.39, 0.29) is 11.8 Å². The number of aromatic amines is 1. The summed E-state index contributed by atoms with van der Waals surface area (Å²) in [5.74, 6) is 0.136. The molecule has 3 N–H and O–H groups in total. The topological polar surface area (TPSA) is 75.0 Å². The monoisotopic (exact) mass is 224 g/mol. The molecule has 5 heteroatoms. The lowest BCUT2D eigenvalue weighted by atomic mass is 10.1. The van der Waals surface area contributed by atoms with Gasteiger partial charge < -0.3 is 10.6 Å². The molecule has 1 rings (SSSR count). The van der Waals surface area contributed by atoms with Gasteiger partial charge in [-0.3, -0.25) is 9.89 Å². The second-order valence-electron chi connectivity index (χ2n) is 4.03. The van der Waals surface area contributed by atoms with Crippen molar-refractivity contribution in [3.05, 3.63) is 11.4 Å². The number of amides is 1. The van der Waals surface area contributed by atoms with Gasteiger partial charge in [-0.2, -0.15) is 5.10 Å². The van der Waals surface area contributed by atoms with Crippen molar-refractivity contribution >= 4 is 11.6 Å². The summed E-state index contributed by atoms with van der Waals surface area (Å²) in [4.78, 5) is 13.7. The average Bonchev–Trinajstić information content (AvgIpc) is 2.61. The highest BCUT2D eigenvalue weighted by Gasteiger charge is 2.21. The Morgan fingerprint density at radius 1 is 1.44 bits per heavy atom. The molecular weight excluding hydrogens is 204 g/mol. The minimum atomic E-state index is -0.106. The van der Waals surface area contributed by atoms with E-state index in [1.165, 1.54) is 0 Å². The van der Waals surface area contributed by atoms with Gasteiger partial charge in [0.05, 0.1) is 11.4 Å². The van der Waals surface area contributed by atoms with Gasteiger partial charge in [0, 0.05) is 13.1 Å². The van der Waals surface area contributed by atoms with E-state index in [1.807, 2.05) is 27.7 Å². The molecule has 1 heterocycles. The molecule has 16 heavy (non-hydrogen) atoms. The van der Waals surface area contributed by atoms with Crippen LogP contribution in [-0.2, 0) is 0 Å². The van der Waals surface area contributed by atoms with Gasteiger partial charge in [-0.15, -0.1) is 0 Å². The second kappa shape index (κ2) is 5.01. The molecule has 1 amide bonds. The van der Waals surface area contributed by atoms with Crippen molar-refractivity contribution in [3.8, 4) is 0 Å². The van der Waals surface area contributed by atoms with Crippen LogP contribution in [0, 0.1) is 0 Å². The van der Waals surface area contributed by atoms with Gasteiger partial charge in [0.15, 0.2) is 5.69 Å². The van der Waals surface area contributed by atoms with Gasteiger partial charge in [0.25, 0.3) is 5.91 Å². The Labute approximate surface area is 96.0 Å². The third-order valence-electron chi connectivity index (χ3n) is 2.66. The first kappa shape index (κ1) is 12.5. The number of nitrogen functional groups attached to an aromatic ring is 1. The first-order chi connectivity index (χ1) is 7.52. The first-order valence-corrected chi connectivity index (χ1v) is 5.65. The number of aromatic nitrogens is 2. The molecule has 0 fully saturated rings. The summed E-state index contributed by atoms with van der Waals surface area (Å²) >= 11 is 0. The van der Waals surface area contributed by atoms with Crippen LogP contribution in [-0.4, -0.2) is 34.1 Å². The number of rotatable bonds is 4. The largest absolute Gasteiger partial charge is 0.395 e. The summed E-state index contributed by atoms with van der Waals surface area (Å²) in [6.45, 7) is 9.23. The van der Waals surface area contributed by atoms with E-state index in [9.17, 15) is 4.79 Å². The minimum absolute atomic E-state index is 0.106. The Balaban J connectivity index is 3.01. The van der Waals surface area contributed by atoms with E-state index < -0.39 is 0 Å². The molecule has 5 nitrogen and oxygen atoms in total. The molecule has 0 aromatic carbocycles. The highest BCUT2D eigenvalue weighted by molar-refractivity contribution is 5.97. The predicted octanol–water partition coefficient (Wildman–Crippen LogP) is 1.60. The lowest BCUT2D eigenvalue weighted by Gasteiger charge is -2.17. The van der Waals surface area contributed by atoms with Crippen LogP contribution in [0.15, 0.2) is 0 Å². The number of hydrogen-bond acceptors (Lipinski definition) is 3. The maximum Gasteiger partial charge on any atom is 0.276 e. The maximum absolute atomic E-state index is 12.0. The van der Waals surface area contributed by atoms with Crippen molar-refractivity contribution in [1.29, 1.82) is 0 Å². The number of nitrogens with one attached hydrogen (secondary N) is 1. The van der Waals surface area contributed by atoms with Crippen LogP contribution in [0.3, 0.4) is 0 Å². The minimum Gasteiger partial charge on any atom is -0.395 e. The molecule has 90 valence electrons. The molecule has 0 aliphatic heterocycles. The Bertz CT molecular complexity index is 366. The Morgan fingerprint density at radius 3 is 2.38 bits per heavy atom. The summed E-state index contributed by atoms with van der Waals surface area (Å²) in [7, 11) is 0. The van der Waals surface area contributed by atoms with Gasteiger partial charge >= 0.3 is 0 Å². The van der Waals surface area contributed by atoms with E-state index in [4.69, 9.17) is 5.73 Å². The summed E-state index contributed by atoms with van der Waals surface area (Å²) in [5, 5.41) is 6.85. The Hall–Kier alpha value is -1.52. The van der Waals surface area contributed by atoms with E-state index in [0.717, 1.165) is 5.69 Å². The Morgan fingerprint density at radius 2 is 2.00 bits per heavy atom. The number of carbonyl (C=O) groups is 1. The predicted molar refractivity (Wildman–Crippen MR) is 64.3 cm³/mol. The molecule has 0 unspecified atom stereocenters. The number of hydrogen-bond donors (Lipinski definition) is 2. The van der Waals surface area contributed by atoms with Gasteiger partial charge in [-0.25, -0.2) is 0 Å². The molecule has 1 aromatic rings. The van der Waals surface area contributed by atoms with Crippen molar-refractivity contribution in [2.45, 2.75) is 33.6 Å². The van der Waals surface area contributed by atoms with Gasteiger partial charge in [-0.1, -0.05) is 13.8 Å². The van der Waals surface area contributed by atoms with E-state index in [2.05, 4.69) is 10.2 Å². The summed E-state index contributed by atoms with van der Waals surface area (Å²) in [6.07, 6.45) is 0. The molecule has 0 bridgehead atoms. The zero-order valence-electron chi connectivity index (χ0n) is 10.4. The molecule has 0 saturated heterocycles. The van der Waals surface area contributed by atoms with Crippen LogP contribution in [0.5, 0.6) is 0 Å². The average molecular weight is 224 g/mol. The van der Waals surface area contributed by atoms with Gasteiger partial charge in [0.2, 0.25) is 0 Å². The van der Waals surface area contributed by atoms with Crippen LogP contribution < -0.4 is 5.73 Å². The van der Waals surface area contributed by atoms with Crippen LogP contribution in [0.25, 0.3) is 0 Å². The third-order valence-corrected chi connectivity index (χ3v) is 2.66. The van der Waals surface area contributed by atoms with Crippen molar-refractivity contribution in [1.82, 2.24) is 15.1 Å². The number of nitrogens with two attached hydrogens (primary N) is 1. The smallest absolute Gasteiger partial charge is 0.276 e. The zero-order valence-corrected chi connectivity index (χ0v) is 10.4. The van der Waals surface area contributed by atoms with Crippen LogP contribution in [0.2, 0.25) is 0 Å². The second-order valence-corrected chi connectivity index (χ2v) is 4.03. The molecule has 0 atom stereocenters. The van der Waals surface area contributed by atoms with Crippen molar-refractivity contribution in [2.24, 2.45) is 0 Å². The zero-order chi connectivity index (χ0) is 12.3. The lowest BCUT2D eigenvalue weighted by Crippen LogP contribution is -2.31. The van der Waals surface area contributed by atoms with Crippen LogP contribution in [0.1, 0.15) is 49.8 Å². The Kier molecular flexibility index (Phi) is 3.93. The molecular formula is C11H20N4O. The highest BCUT2D eigenvalue weighted by atomic mass is 16.2. The van der Waals surface area contributed by atoms with Gasteiger partial charge in [0.1, 0.15) is 0 Å². The normalized spacial score (nSPS) is 10.8. The van der Waals surface area contributed by atoms with Crippen molar-refractivity contribution in [3.63, 3.8) is 0 Å². The fraction of sp³-hybridized carbons (Fsp3) is 0.636. The van der Waals surface area contributed by atoms with E-state index in [1.54, 1.807) is 4.90 Å². The summed E-state index contributed by atoms with van der Waals surface area (Å²) in [6, 6.07) is 0. The van der Waals surface area contributed by atoms with Crippen LogP contribution >= 0.6 is 0 Å². The van der Waals surface area contributed by atoms with E-state index in [0.29, 0.717) is 24.5 Å². The fourth-order valence-electron chi connectivity index (χ4n) is 1.63. The van der Waals surface area contributed by atoms with E-state index >= 15 is 0 Å². The number of anilines is 1. The highest BCUT2D eigenvalue weighted by Crippen LogP contribution is 2.22. The SMILES string of the molecule is CCN(CC)C(=O)c1n[nH]c(C(C)C)c1N. The molecule has 0 saturated carbocycles. The third kappa shape index (κ3) is 2.18. The lowest BCUT2D eigenvalue weighted by molar-refractivity contribution is 0.0768. The van der Waals surface area contributed by atoms with Crippen LogP contribution in [0.4, 0.5) is 5.69 Å². The van der Waals surface area contributed by atoms with Crippen molar-refractivity contribution in [2.75, 3.05) is 18.8 Å². The quantitative estimate of drug-likeness (QED) is 0.815. The summed E-state index contributed by atoms with van der Waals surface area (Å²) in [5.41, 5.74) is 7.56.